The van der Waals surface area contributed by atoms with Gasteiger partial charge < -0.3 is 10.1 Å². The summed E-state index contributed by atoms with van der Waals surface area (Å²) in [6.45, 7) is 0.218. The number of amides is 1. The van der Waals surface area contributed by atoms with Gasteiger partial charge in [-0.3, -0.25) is 0 Å². The van der Waals surface area contributed by atoms with Gasteiger partial charge in [-0.05, 0) is 24.5 Å². The first kappa shape index (κ1) is 15.9. The second kappa shape index (κ2) is 7.09. The molecule has 0 bridgehead atoms. The third-order valence-electron chi connectivity index (χ3n) is 4.26. The maximum Gasteiger partial charge on any atom is 0.408 e. The Balaban J connectivity index is 1.71. The van der Waals surface area contributed by atoms with Gasteiger partial charge >= 0.3 is 6.09 Å². The average molecular weight is 322 g/mol. The van der Waals surface area contributed by atoms with Crippen LogP contribution >= 0.6 is 0 Å². The number of rotatable bonds is 4. The molecule has 122 valence electrons. The molecule has 1 aromatic carbocycles. The molecule has 1 aromatic heterocycles. The predicted molar refractivity (Wildman–Crippen MR) is 86.7 cm³/mol. The molecule has 0 aliphatic heterocycles. The van der Waals surface area contributed by atoms with Crippen LogP contribution in [0.5, 0.6) is 0 Å². The van der Waals surface area contributed by atoms with Crippen LogP contribution in [0.3, 0.4) is 0 Å². The van der Waals surface area contributed by atoms with Crippen LogP contribution in [0.2, 0.25) is 0 Å². The van der Waals surface area contributed by atoms with E-state index in [1.807, 2.05) is 36.4 Å². The van der Waals surface area contributed by atoms with E-state index < -0.39 is 11.6 Å². The summed E-state index contributed by atoms with van der Waals surface area (Å²) >= 11 is 0. The quantitative estimate of drug-likeness (QED) is 0.934. The maximum absolute atomic E-state index is 12.3. The van der Waals surface area contributed by atoms with Crippen molar-refractivity contribution in [3.63, 3.8) is 0 Å². The van der Waals surface area contributed by atoms with Gasteiger partial charge in [0.25, 0.3) is 0 Å². The second-order valence-corrected chi connectivity index (χ2v) is 5.85. The first-order valence-corrected chi connectivity index (χ1v) is 7.94. The first-order valence-electron chi connectivity index (χ1n) is 7.94. The van der Waals surface area contributed by atoms with E-state index in [1.165, 1.54) is 0 Å². The molecule has 6 nitrogen and oxygen atoms in total. The van der Waals surface area contributed by atoms with Crippen molar-refractivity contribution in [1.29, 1.82) is 5.26 Å². The van der Waals surface area contributed by atoms with Crippen molar-refractivity contribution in [2.45, 2.75) is 37.8 Å². The molecule has 3 rings (SSSR count). The van der Waals surface area contributed by atoms with Crippen molar-refractivity contribution in [3.8, 4) is 6.07 Å². The molecule has 1 aliphatic carbocycles. The fourth-order valence-electron chi connectivity index (χ4n) is 3.06. The Kier molecular flexibility index (Phi) is 4.71. The third-order valence-corrected chi connectivity index (χ3v) is 4.26. The number of carbonyl (C=O) groups excluding carboxylic acids is 1. The molecule has 2 aromatic rings. The molecule has 0 unspecified atom stereocenters. The molecule has 0 saturated heterocycles. The lowest BCUT2D eigenvalue weighted by atomic mass is 9.93. The molecule has 1 N–H and O–H groups in total. The van der Waals surface area contributed by atoms with Gasteiger partial charge in [-0.1, -0.05) is 43.2 Å². The summed E-state index contributed by atoms with van der Waals surface area (Å²) < 4.78 is 5.33. The van der Waals surface area contributed by atoms with Crippen molar-refractivity contribution < 1.29 is 9.53 Å². The van der Waals surface area contributed by atoms with Crippen molar-refractivity contribution in [2.75, 3.05) is 0 Å². The fraction of sp³-hybridized carbons (Fsp3) is 0.333. The smallest absolute Gasteiger partial charge is 0.408 e. The number of nitrogens with one attached hydrogen (secondary N) is 1. The minimum Gasteiger partial charge on any atom is -0.445 e. The molecule has 0 spiro atoms. The highest BCUT2D eigenvalue weighted by molar-refractivity contribution is 5.68. The van der Waals surface area contributed by atoms with Gasteiger partial charge in [0.05, 0.1) is 11.2 Å². The maximum atomic E-state index is 12.3. The lowest BCUT2D eigenvalue weighted by molar-refractivity contribution is 0.125. The monoisotopic (exact) mass is 322 g/mol. The van der Waals surface area contributed by atoms with E-state index >= 15 is 0 Å². The third kappa shape index (κ3) is 3.51. The van der Waals surface area contributed by atoms with Crippen LogP contribution in [0.4, 0.5) is 4.79 Å². The van der Waals surface area contributed by atoms with Gasteiger partial charge in [0.1, 0.15) is 12.7 Å². The van der Waals surface area contributed by atoms with Crippen LogP contribution in [0.15, 0.2) is 42.6 Å². The van der Waals surface area contributed by atoms with Crippen molar-refractivity contribution in [1.82, 2.24) is 15.3 Å². The number of nitrogens with zero attached hydrogens (tertiary/aromatic N) is 3. The van der Waals surface area contributed by atoms with E-state index in [2.05, 4.69) is 15.3 Å². The molecule has 6 heteroatoms. The van der Waals surface area contributed by atoms with Crippen LogP contribution in [0.1, 0.15) is 42.8 Å². The van der Waals surface area contributed by atoms with Gasteiger partial charge in [-0.2, -0.15) is 5.26 Å². The molecule has 1 amide bonds. The molecule has 1 heterocycles. The van der Waals surface area contributed by atoms with E-state index in [9.17, 15) is 4.79 Å². The first-order chi connectivity index (χ1) is 11.7. The van der Waals surface area contributed by atoms with Crippen LogP contribution in [-0.4, -0.2) is 16.1 Å². The molecule has 1 fully saturated rings. The number of hydrogen-bond acceptors (Lipinski definition) is 5. The standard InChI is InChI=1S/C18H18N4O2/c19-12-16-20-11-8-15(21-16)18(9-4-5-10-18)22-17(23)24-13-14-6-2-1-3-7-14/h1-3,6-8,11H,4-5,9-10,13H2,(H,22,23). The number of hydrogen-bond donors (Lipinski definition) is 1. The number of benzene rings is 1. The molecule has 1 aliphatic rings. The number of ether oxygens (including phenoxy) is 1. The van der Waals surface area contributed by atoms with Gasteiger partial charge in [-0.25, -0.2) is 14.8 Å². The van der Waals surface area contributed by atoms with E-state index in [4.69, 9.17) is 10.00 Å². The molecule has 1 saturated carbocycles. The predicted octanol–water partition coefficient (Wildman–Crippen LogP) is 3.04. The zero-order valence-corrected chi connectivity index (χ0v) is 13.2. The van der Waals surface area contributed by atoms with E-state index in [-0.39, 0.29) is 12.4 Å². The summed E-state index contributed by atoms with van der Waals surface area (Å²) in [6, 6.07) is 13.2. The average Bonchev–Trinajstić information content (AvgIpc) is 3.10. The van der Waals surface area contributed by atoms with Crippen LogP contribution in [0, 0.1) is 11.3 Å². The molecule has 0 atom stereocenters. The minimum absolute atomic E-state index is 0.109. The summed E-state index contributed by atoms with van der Waals surface area (Å²) in [5, 5.41) is 12.0. The minimum atomic E-state index is -0.581. The zero-order valence-electron chi connectivity index (χ0n) is 13.2. The van der Waals surface area contributed by atoms with Gasteiger partial charge in [0, 0.05) is 6.20 Å². The number of nitriles is 1. The zero-order chi connectivity index (χ0) is 16.8. The number of alkyl carbamates (subject to hydrolysis) is 1. The van der Waals surface area contributed by atoms with Gasteiger partial charge in [0.15, 0.2) is 0 Å². The highest BCUT2D eigenvalue weighted by Crippen LogP contribution is 2.37. The summed E-state index contributed by atoms with van der Waals surface area (Å²) in [5.41, 5.74) is 1.02. The molecular weight excluding hydrogens is 304 g/mol. The highest BCUT2D eigenvalue weighted by Gasteiger charge is 2.39. The van der Waals surface area contributed by atoms with E-state index in [0.717, 1.165) is 31.2 Å². The Labute approximate surface area is 140 Å². The lowest BCUT2D eigenvalue weighted by Crippen LogP contribution is -2.44. The lowest BCUT2D eigenvalue weighted by Gasteiger charge is -2.29. The summed E-state index contributed by atoms with van der Waals surface area (Å²) in [4.78, 5) is 20.4. The van der Waals surface area contributed by atoms with Gasteiger partial charge in [-0.15, -0.1) is 0 Å². The summed E-state index contributed by atoms with van der Waals surface area (Å²) in [6.07, 6.45) is 4.61. The largest absolute Gasteiger partial charge is 0.445 e. The Morgan fingerprint density at radius 1 is 1.25 bits per heavy atom. The summed E-state index contributed by atoms with van der Waals surface area (Å²) in [7, 11) is 0. The van der Waals surface area contributed by atoms with Crippen LogP contribution < -0.4 is 5.32 Å². The van der Waals surface area contributed by atoms with Crippen molar-refractivity contribution >= 4 is 6.09 Å². The van der Waals surface area contributed by atoms with E-state index in [0.29, 0.717) is 5.69 Å². The SMILES string of the molecule is N#Cc1nccc(C2(NC(=O)OCc3ccccc3)CCCC2)n1. The topological polar surface area (TPSA) is 87.9 Å². The number of aromatic nitrogens is 2. The van der Waals surface area contributed by atoms with E-state index in [1.54, 1.807) is 12.3 Å². The van der Waals surface area contributed by atoms with Gasteiger partial charge in [0.2, 0.25) is 5.82 Å². The second-order valence-electron chi connectivity index (χ2n) is 5.85. The number of carbonyl (C=O) groups is 1. The Bertz CT molecular complexity index is 749. The molecule has 24 heavy (non-hydrogen) atoms. The summed E-state index contributed by atoms with van der Waals surface area (Å²) in [5.74, 6) is 0.109. The van der Waals surface area contributed by atoms with Crippen LogP contribution in [0.25, 0.3) is 0 Å². The Hall–Kier alpha value is -2.94. The fourth-order valence-corrected chi connectivity index (χ4v) is 3.06. The molecule has 0 radical (unpaired) electrons. The Morgan fingerprint density at radius 3 is 2.71 bits per heavy atom. The van der Waals surface area contributed by atoms with Crippen molar-refractivity contribution in [2.24, 2.45) is 0 Å². The molecular formula is C18H18N4O2. The van der Waals surface area contributed by atoms with Crippen LogP contribution in [-0.2, 0) is 16.9 Å². The normalized spacial score (nSPS) is 15.5. The highest BCUT2D eigenvalue weighted by atomic mass is 16.5. The Morgan fingerprint density at radius 2 is 2.00 bits per heavy atom. The van der Waals surface area contributed by atoms with Crippen molar-refractivity contribution in [3.05, 3.63) is 59.7 Å².